The largest absolute Gasteiger partial charge is 0.394 e. The Kier molecular flexibility index (Phi) is 30.3. The minimum atomic E-state index is -0.861. The fourth-order valence-electron chi connectivity index (χ4n) is 5.44. The number of Topliss-reactive ketones (excluding diaryl/α,β-unsaturated/α-hetero) is 1. The van der Waals surface area contributed by atoms with Crippen molar-refractivity contribution >= 4 is 11.7 Å². The van der Waals surface area contributed by atoms with Crippen molar-refractivity contribution in [1.82, 2.24) is 5.32 Å². The molecule has 0 bridgehead atoms. The van der Waals surface area contributed by atoms with Gasteiger partial charge in [0.05, 0.1) is 12.7 Å². The van der Waals surface area contributed by atoms with E-state index < -0.39 is 6.10 Å². The maximum absolute atomic E-state index is 12.4. The Balaban J connectivity index is 3.33. The molecule has 0 saturated carbocycles. The Hall–Kier alpha value is -0.940. The van der Waals surface area contributed by atoms with Crippen LogP contribution in [0.5, 0.6) is 0 Å². The molecule has 0 radical (unpaired) electrons. The van der Waals surface area contributed by atoms with Gasteiger partial charge in [0.1, 0.15) is 5.78 Å². The number of carbonyl (C=O) groups is 2. The van der Waals surface area contributed by atoms with E-state index in [1.807, 2.05) is 0 Å². The number of aliphatic hydroxyl groups is 2. The van der Waals surface area contributed by atoms with Gasteiger partial charge in [-0.25, -0.2) is 0 Å². The molecule has 0 fully saturated rings. The highest BCUT2D eigenvalue weighted by Gasteiger charge is 2.12. The number of carbonyl (C=O) groups excluding carboxylic acids is 2. The molecule has 5 heteroatoms. The number of unbranched alkanes of at least 4 members (excludes halogenated alkanes) is 22. The molecule has 3 N–H and O–H groups in total. The van der Waals surface area contributed by atoms with Crippen molar-refractivity contribution in [2.24, 2.45) is 5.92 Å². The van der Waals surface area contributed by atoms with Gasteiger partial charge < -0.3 is 15.5 Å². The normalized spacial score (nSPS) is 12.9. The number of ketones is 1. The first-order chi connectivity index (χ1) is 19.5. The summed E-state index contributed by atoms with van der Waals surface area (Å²) in [7, 11) is 0. The summed E-state index contributed by atoms with van der Waals surface area (Å²) >= 11 is 0. The van der Waals surface area contributed by atoms with Crippen molar-refractivity contribution in [2.75, 3.05) is 13.2 Å². The number of aliphatic hydroxyl groups excluding tert-OH is 2. The summed E-state index contributed by atoms with van der Waals surface area (Å²) in [4.78, 5) is 24.1. The van der Waals surface area contributed by atoms with Gasteiger partial charge in [-0.1, -0.05) is 155 Å². The highest BCUT2D eigenvalue weighted by Crippen LogP contribution is 2.18. The Morgan fingerprint density at radius 3 is 1.38 bits per heavy atom. The Morgan fingerprint density at radius 2 is 0.950 bits per heavy atom. The van der Waals surface area contributed by atoms with Crippen molar-refractivity contribution in [3.63, 3.8) is 0 Å². The van der Waals surface area contributed by atoms with E-state index in [4.69, 9.17) is 5.11 Å². The summed E-state index contributed by atoms with van der Waals surface area (Å²) in [5.74, 6) is 0.705. The van der Waals surface area contributed by atoms with Crippen LogP contribution in [0.3, 0.4) is 0 Å². The van der Waals surface area contributed by atoms with E-state index in [0.29, 0.717) is 12.2 Å². The van der Waals surface area contributed by atoms with Gasteiger partial charge in [0.25, 0.3) is 0 Å². The highest BCUT2D eigenvalue weighted by molar-refractivity contribution is 5.80. The van der Waals surface area contributed by atoms with Crippen molar-refractivity contribution in [1.29, 1.82) is 0 Å². The zero-order valence-electron chi connectivity index (χ0n) is 26.9. The molecular weight excluding hydrogens is 498 g/mol. The summed E-state index contributed by atoms with van der Waals surface area (Å²) in [6.07, 6.45) is 32.4. The van der Waals surface area contributed by atoms with Gasteiger partial charge in [0, 0.05) is 25.3 Å². The second-order valence-corrected chi connectivity index (χ2v) is 12.4. The third-order valence-electron chi connectivity index (χ3n) is 8.36. The number of rotatable bonds is 32. The first kappa shape index (κ1) is 39.1. The predicted octanol–water partition coefficient (Wildman–Crippen LogP) is 9.21. The summed E-state index contributed by atoms with van der Waals surface area (Å²) in [5.41, 5.74) is 0. The first-order valence-corrected chi connectivity index (χ1v) is 17.6. The number of hydrogen-bond donors (Lipinski definition) is 3. The van der Waals surface area contributed by atoms with Gasteiger partial charge in [-0.15, -0.1) is 0 Å². The molecule has 5 nitrogen and oxygen atoms in total. The minimum Gasteiger partial charge on any atom is -0.394 e. The number of amides is 1. The van der Waals surface area contributed by atoms with E-state index in [-0.39, 0.29) is 25.0 Å². The van der Waals surface area contributed by atoms with Gasteiger partial charge in [-0.05, 0) is 19.3 Å². The molecule has 238 valence electrons. The monoisotopic (exact) mass is 568 g/mol. The van der Waals surface area contributed by atoms with Crippen molar-refractivity contribution in [3.05, 3.63) is 0 Å². The van der Waals surface area contributed by atoms with Crippen LogP contribution in [-0.4, -0.2) is 41.2 Å². The first-order valence-electron chi connectivity index (χ1n) is 17.6. The van der Waals surface area contributed by atoms with Crippen LogP contribution >= 0.6 is 0 Å². The number of hydrogen-bond acceptors (Lipinski definition) is 4. The maximum Gasteiger partial charge on any atom is 0.220 e. The van der Waals surface area contributed by atoms with Crippen LogP contribution in [0.1, 0.15) is 187 Å². The van der Waals surface area contributed by atoms with Crippen LogP contribution in [0.4, 0.5) is 0 Å². The summed E-state index contributed by atoms with van der Waals surface area (Å²) in [6, 6.07) is 0. The molecule has 0 heterocycles. The van der Waals surface area contributed by atoms with E-state index >= 15 is 0 Å². The third kappa shape index (κ3) is 28.6. The van der Waals surface area contributed by atoms with Crippen LogP contribution in [-0.2, 0) is 9.59 Å². The molecule has 0 aromatic rings. The Bertz CT molecular complexity index is 554. The Morgan fingerprint density at radius 1 is 0.575 bits per heavy atom. The summed E-state index contributed by atoms with van der Waals surface area (Å²) < 4.78 is 0. The molecule has 0 aliphatic rings. The molecule has 1 amide bonds. The fourth-order valence-corrected chi connectivity index (χ4v) is 5.44. The van der Waals surface area contributed by atoms with E-state index in [1.165, 1.54) is 135 Å². The molecule has 0 aliphatic carbocycles. The molecule has 2 atom stereocenters. The highest BCUT2D eigenvalue weighted by atomic mass is 16.3. The number of nitrogens with one attached hydrogen (secondary N) is 1. The second kappa shape index (κ2) is 31.0. The molecule has 0 aromatic heterocycles. The van der Waals surface area contributed by atoms with E-state index in [0.717, 1.165) is 32.1 Å². The molecule has 40 heavy (non-hydrogen) atoms. The van der Waals surface area contributed by atoms with Gasteiger partial charge in [-0.3, -0.25) is 9.59 Å². The van der Waals surface area contributed by atoms with Gasteiger partial charge in [0.2, 0.25) is 5.91 Å². The third-order valence-corrected chi connectivity index (χ3v) is 8.36. The fraction of sp³-hybridized carbons (Fsp3) is 0.943. The predicted molar refractivity (Wildman–Crippen MR) is 171 cm³/mol. The van der Waals surface area contributed by atoms with E-state index in [9.17, 15) is 14.7 Å². The van der Waals surface area contributed by atoms with Crippen molar-refractivity contribution < 1.29 is 19.8 Å². The molecule has 0 spiro atoms. The van der Waals surface area contributed by atoms with E-state index in [2.05, 4.69) is 19.2 Å². The lowest BCUT2D eigenvalue weighted by Gasteiger charge is -2.10. The van der Waals surface area contributed by atoms with Gasteiger partial charge in [0.15, 0.2) is 0 Å². The molecule has 0 aliphatic heterocycles. The van der Waals surface area contributed by atoms with Gasteiger partial charge in [-0.2, -0.15) is 0 Å². The lowest BCUT2D eigenvalue weighted by atomic mass is 9.94. The smallest absolute Gasteiger partial charge is 0.220 e. The molecular formula is C35H69NO4. The van der Waals surface area contributed by atoms with E-state index in [1.54, 1.807) is 0 Å². The molecule has 0 aromatic carbocycles. The average molecular weight is 568 g/mol. The minimum absolute atomic E-state index is 0.0406. The topological polar surface area (TPSA) is 86.6 Å². The van der Waals surface area contributed by atoms with Crippen LogP contribution in [0.25, 0.3) is 0 Å². The lowest BCUT2D eigenvalue weighted by Crippen LogP contribution is -2.33. The summed E-state index contributed by atoms with van der Waals surface area (Å²) in [5, 5.41) is 20.6. The Labute approximate surface area is 249 Å². The zero-order chi connectivity index (χ0) is 29.5. The van der Waals surface area contributed by atoms with Gasteiger partial charge >= 0.3 is 0 Å². The quantitative estimate of drug-likeness (QED) is 0.0707. The van der Waals surface area contributed by atoms with Crippen LogP contribution in [0.2, 0.25) is 0 Å². The standard InChI is InChI=1S/C35H69NO4/c1-3-4-5-6-7-8-9-12-15-18-21-24-27-32(2)34(39)28-25-22-19-16-13-10-11-14-17-20-23-26-29-35(40)36-30-33(38)31-37/h32-33,37-38H,3-31H2,1-2H3,(H,36,40). The van der Waals surface area contributed by atoms with Crippen LogP contribution < -0.4 is 5.32 Å². The van der Waals surface area contributed by atoms with Crippen molar-refractivity contribution in [3.8, 4) is 0 Å². The zero-order valence-corrected chi connectivity index (χ0v) is 26.9. The SMILES string of the molecule is CCCCCCCCCCCCCCC(C)C(=O)CCCCCCCCCCCCCCC(=O)NCC(O)CO. The second-order valence-electron chi connectivity index (χ2n) is 12.4. The average Bonchev–Trinajstić information content (AvgIpc) is 2.96. The molecule has 0 rings (SSSR count). The molecule has 0 saturated heterocycles. The van der Waals surface area contributed by atoms with Crippen LogP contribution in [0, 0.1) is 5.92 Å². The summed E-state index contributed by atoms with van der Waals surface area (Å²) in [6.45, 7) is 4.23. The lowest BCUT2D eigenvalue weighted by molar-refractivity contribution is -0.123. The van der Waals surface area contributed by atoms with Crippen molar-refractivity contribution in [2.45, 2.75) is 193 Å². The molecule has 2 unspecified atom stereocenters. The maximum atomic E-state index is 12.4. The van der Waals surface area contributed by atoms with Crippen LogP contribution in [0.15, 0.2) is 0 Å².